The minimum Gasteiger partial charge on any atom is -0.399 e. The Labute approximate surface area is 95.0 Å². The molecule has 0 heterocycles. The second-order valence-corrected chi connectivity index (χ2v) is 3.45. The molecule has 4 nitrogen and oxygen atoms in total. The van der Waals surface area contributed by atoms with Crippen LogP contribution in [0.25, 0.3) is 0 Å². The fraction of sp³-hybridized carbons (Fsp3) is 0.250. The molecular formula is C12H15N3O. The summed E-state index contributed by atoms with van der Waals surface area (Å²) in [6.07, 6.45) is 6.52. The normalized spacial score (nSPS) is 9.44. The van der Waals surface area contributed by atoms with Crippen LogP contribution in [0.3, 0.4) is 0 Å². The number of carbonyl (C=O) groups excluding carboxylic acids is 1. The van der Waals surface area contributed by atoms with Gasteiger partial charge in [-0.15, -0.1) is 12.3 Å². The third-order valence-corrected chi connectivity index (χ3v) is 2.02. The SMILES string of the molecule is C#CCCCNC(=O)c1cc(N)cc(N)c1. The molecule has 4 heteroatoms. The molecule has 0 aliphatic carbocycles. The first-order valence-electron chi connectivity index (χ1n) is 5.01. The summed E-state index contributed by atoms with van der Waals surface area (Å²) < 4.78 is 0. The van der Waals surface area contributed by atoms with E-state index in [0.717, 1.165) is 6.42 Å². The van der Waals surface area contributed by atoms with Crippen molar-refractivity contribution < 1.29 is 4.79 Å². The Hall–Kier alpha value is -2.15. The maximum absolute atomic E-state index is 11.6. The molecule has 0 aliphatic rings. The molecule has 0 bridgehead atoms. The lowest BCUT2D eigenvalue weighted by atomic mass is 10.1. The highest BCUT2D eigenvalue weighted by Crippen LogP contribution is 2.13. The van der Waals surface area contributed by atoms with Crippen molar-refractivity contribution in [3.63, 3.8) is 0 Å². The molecule has 1 amide bonds. The van der Waals surface area contributed by atoms with Crippen molar-refractivity contribution in [2.24, 2.45) is 0 Å². The molecule has 0 atom stereocenters. The summed E-state index contributed by atoms with van der Waals surface area (Å²) in [4.78, 5) is 11.6. The smallest absolute Gasteiger partial charge is 0.251 e. The van der Waals surface area contributed by atoms with E-state index in [4.69, 9.17) is 17.9 Å². The van der Waals surface area contributed by atoms with Crippen LogP contribution >= 0.6 is 0 Å². The molecular weight excluding hydrogens is 202 g/mol. The number of amides is 1. The van der Waals surface area contributed by atoms with E-state index in [0.29, 0.717) is 29.9 Å². The number of rotatable bonds is 4. The van der Waals surface area contributed by atoms with E-state index in [1.165, 1.54) is 0 Å². The summed E-state index contributed by atoms with van der Waals surface area (Å²) in [6, 6.07) is 4.79. The van der Waals surface area contributed by atoms with E-state index < -0.39 is 0 Å². The molecule has 0 fully saturated rings. The number of hydrogen-bond donors (Lipinski definition) is 3. The lowest BCUT2D eigenvalue weighted by Gasteiger charge is -2.05. The monoisotopic (exact) mass is 217 g/mol. The standard InChI is InChI=1S/C12H15N3O/c1-2-3-4-5-15-12(16)9-6-10(13)8-11(14)7-9/h1,6-8H,3-5,13-14H2,(H,15,16). The molecule has 0 radical (unpaired) electrons. The molecule has 5 N–H and O–H groups in total. The van der Waals surface area contributed by atoms with Crippen molar-refractivity contribution >= 4 is 17.3 Å². The van der Waals surface area contributed by atoms with Crippen LogP contribution in [-0.2, 0) is 0 Å². The summed E-state index contributed by atoms with van der Waals surface area (Å²) in [5.74, 6) is 2.32. The van der Waals surface area contributed by atoms with Gasteiger partial charge in [0.25, 0.3) is 5.91 Å². The van der Waals surface area contributed by atoms with Gasteiger partial charge in [-0.05, 0) is 24.6 Å². The first-order valence-corrected chi connectivity index (χ1v) is 5.01. The van der Waals surface area contributed by atoms with E-state index in [1.54, 1.807) is 18.2 Å². The van der Waals surface area contributed by atoms with Crippen LogP contribution < -0.4 is 16.8 Å². The van der Waals surface area contributed by atoms with Crippen LogP contribution in [0.5, 0.6) is 0 Å². The molecule has 1 aromatic carbocycles. The maximum Gasteiger partial charge on any atom is 0.251 e. The third kappa shape index (κ3) is 3.54. The highest BCUT2D eigenvalue weighted by atomic mass is 16.1. The minimum atomic E-state index is -0.184. The van der Waals surface area contributed by atoms with Crippen molar-refractivity contribution in [2.75, 3.05) is 18.0 Å². The van der Waals surface area contributed by atoms with Gasteiger partial charge < -0.3 is 16.8 Å². The molecule has 1 aromatic rings. The van der Waals surface area contributed by atoms with Crippen molar-refractivity contribution in [1.29, 1.82) is 0 Å². The summed E-state index contributed by atoms with van der Waals surface area (Å²) in [7, 11) is 0. The van der Waals surface area contributed by atoms with Crippen molar-refractivity contribution in [3.05, 3.63) is 23.8 Å². The quantitative estimate of drug-likeness (QED) is 0.399. The van der Waals surface area contributed by atoms with Gasteiger partial charge in [0.05, 0.1) is 0 Å². The van der Waals surface area contributed by atoms with Crippen LogP contribution in [0.4, 0.5) is 11.4 Å². The first kappa shape index (κ1) is 11.9. The summed E-state index contributed by atoms with van der Waals surface area (Å²) in [5.41, 5.74) is 12.6. The first-order chi connectivity index (χ1) is 7.63. The zero-order valence-electron chi connectivity index (χ0n) is 8.99. The van der Waals surface area contributed by atoms with Gasteiger partial charge >= 0.3 is 0 Å². The van der Waals surface area contributed by atoms with Gasteiger partial charge in [0, 0.05) is 29.9 Å². The van der Waals surface area contributed by atoms with E-state index >= 15 is 0 Å². The number of terminal acetylenes is 1. The van der Waals surface area contributed by atoms with Crippen LogP contribution in [0.15, 0.2) is 18.2 Å². The van der Waals surface area contributed by atoms with E-state index in [9.17, 15) is 4.79 Å². The number of nitrogens with two attached hydrogens (primary N) is 2. The molecule has 0 saturated carbocycles. The lowest BCUT2D eigenvalue weighted by Crippen LogP contribution is -2.24. The van der Waals surface area contributed by atoms with Crippen molar-refractivity contribution in [3.8, 4) is 12.3 Å². The molecule has 84 valence electrons. The van der Waals surface area contributed by atoms with E-state index in [2.05, 4.69) is 11.2 Å². The minimum absolute atomic E-state index is 0.184. The van der Waals surface area contributed by atoms with Crippen LogP contribution in [0.2, 0.25) is 0 Å². The fourth-order valence-corrected chi connectivity index (χ4v) is 1.30. The third-order valence-electron chi connectivity index (χ3n) is 2.02. The van der Waals surface area contributed by atoms with Crippen LogP contribution in [0, 0.1) is 12.3 Å². The van der Waals surface area contributed by atoms with Gasteiger partial charge in [-0.1, -0.05) is 0 Å². The number of unbranched alkanes of at least 4 members (excludes halogenated alkanes) is 1. The van der Waals surface area contributed by atoms with Gasteiger partial charge in [-0.25, -0.2) is 0 Å². The number of benzene rings is 1. The molecule has 16 heavy (non-hydrogen) atoms. The molecule has 0 saturated heterocycles. The average Bonchev–Trinajstić information content (AvgIpc) is 2.22. The highest BCUT2D eigenvalue weighted by molar-refractivity contribution is 5.96. The highest BCUT2D eigenvalue weighted by Gasteiger charge is 2.05. The summed E-state index contributed by atoms with van der Waals surface area (Å²) >= 11 is 0. The number of nitrogens with one attached hydrogen (secondary N) is 1. The van der Waals surface area contributed by atoms with Gasteiger partial charge in [-0.3, -0.25) is 4.79 Å². The summed E-state index contributed by atoms with van der Waals surface area (Å²) in [5, 5.41) is 2.74. The number of carbonyl (C=O) groups is 1. The Morgan fingerprint density at radius 1 is 1.31 bits per heavy atom. The Morgan fingerprint density at radius 3 is 2.50 bits per heavy atom. The lowest BCUT2D eigenvalue weighted by molar-refractivity contribution is 0.0953. The molecule has 0 aliphatic heterocycles. The van der Waals surface area contributed by atoms with Crippen LogP contribution in [-0.4, -0.2) is 12.5 Å². The Morgan fingerprint density at radius 2 is 1.94 bits per heavy atom. The Balaban J connectivity index is 2.56. The van der Waals surface area contributed by atoms with Crippen molar-refractivity contribution in [1.82, 2.24) is 5.32 Å². The molecule has 0 aromatic heterocycles. The molecule has 0 spiro atoms. The van der Waals surface area contributed by atoms with E-state index in [-0.39, 0.29) is 5.91 Å². The number of anilines is 2. The zero-order valence-corrected chi connectivity index (χ0v) is 8.99. The topological polar surface area (TPSA) is 81.1 Å². The summed E-state index contributed by atoms with van der Waals surface area (Å²) in [6.45, 7) is 0.553. The number of hydrogen-bond acceptors (Lipinski definition) is 3. The van der Waals surface area contributed by atoms with Gasteiger partial charge in [0.2, 0.25) is 0 Å². The van der Waals surface area contributed by atoms with Crippen molar-refractivity contribution in [2.45, 2.75) is 12.8 Å². The second kappa shape index (κ2) is 5.66. The second-order valence-electron chi connectivity index (χ2n) is 3.45. The Bertz CT molecular complexity index is 401. The van der Waals surface area contributed by atoms with Gasteiger partial charge in [-0.2, -0.15) is 0 Å². The molecule has 0 unspecified atom stereocenters. The fourth-order valence-electron chi connectivity index (χ4n) is 1.30. The van der Waals surface area contributed by atoms with Gasteiger partial charge in [0.1, 0.15) is 0 Å². The predicted octanol–water partition coefficient (Wildman–Crippen LogP) is 0.994. The zero-order chi connectivity index (χ0) is 12.0. The maximum atomic E-state index is 11.6. The molecule has 1 rings (SSSR count). The largest absolute Gasteiger partial charge is 0.399 e. The van der Waals surface area contributed by atoms with E-state index in [1.807, 2.05) is 0 Å². The Kier molecular flexibility index (Phi) is 4.22. The average molecular weight is 217 g/mol. The predicted molar refractivity (Wildman–Crippen MR) is 65.7 cm³/mol. The van der Waals surface area contributed by atoms with Crippen LogP contribution in [0.1, 0.15) is 23.2 Å². The number of nitrogen functional groups attached to an aromatic ring is 2. The van der Waals surface area contributed by atoms with Gasteiger partial charge in [0.15, 0.2) is 0 Å².